The van der Waals surface area contributed by atoms with Gasteiger partial charge in [-0.1, -0.05) is 19.1 Å². The first-order valence-electron chi connectivity index (χ1n) is 16.5. The lowest BCUT2D eigenvalue weighted by molar-refractivity contribution is -0.154. The number of esters is 1. The van der Waals surface area contributed by atoms with E-state index in [0.29, 0.717) is 0 Å². The number of urea groups is 2. The molecule has 4 rings (SSSR count). The molecule has 0 saturated carbocycles. The Labute approximate surface area is 345 Å². The molecule has 4 aromatic rings. The molecule has 0 atom stereocenters. The number of pyridine rings is 1. The monoisotopic (exact) mass is 923 g/mol. The molecule has 61 heavy (non-hydrogen) atoms. The second-order valence-corrected chi connectivity index (χ2v) is 17.1. The van der Waals surface area contributed by atoms with E-state index in [9.17, 15) is 52.8 Å². The summed E-state index contributed by atoms with van der Waals surface area (Å²) in [5.74, 6) is -2.23. The van der Waals surface area contributed by atoms with Gasteiger partial charge in [0, 0.05) is 20.3 Å². The topological polar surface area (TPSA) is 319 Å². The first-order chi connectivity index (χ1) is 28.4. The van der Waals surface area contributed by atoms with Gasteiger partial charge in [-0.2, -0.15) is 46.5 Å². The number of rotatable bonds is 14. The minimum Gasteiger partial charge on any atom is -0.481 e. The number of aromatic nitrogens is 6. The third kappa shape index (κ3) is 13.7. The van der Waals surface area contributed by atoms with Crippen molar-refractivity contribution in [1.29, 1.82) is 0 Å². The summed E-state index contributed by atoms with van der Waals surface area (Å²) in [5.41, 5.74) is -0.160. The second kappa shape index (κ2) is 20.0. The molecule has 0 unspecified atom stereocenters. The van der Waals surface area contributed by atoms with Crippen LogP contribution in [-0.4, -0.2) is 127 Å². The predicted molar refractivity (Wildman–Crippen MR) is 204 cm³/mol. The van der Waals surface area contributed by atoms with Crippen LogP contribution in [0.2, 0.25) is 0 Å². The molecule has 332 valence electrons. The Hall–Kier alpha value is -6.69. The number of carbonyl (C=O) groups is 3. The van der Waals surface area contributed by atoms with E-state index in [2.05, 4.69) is 44.7 Å². The number of hydrogen-bond acceptors (Lipinski definition) is 20. The van der Waals surface area contributed by atoms with E-state index < -0.39 is 87.5 Å². The van der Waals surface area contributed by atoms with Crippen molar-refractivity contribution in [3.8, 4) is 17.8 Å². The largest absolute Gasteiger partial charge is 0.481 e. The molecular weight excluding hydrogens is 888 g/mol. The van der Waals surface area contributed by atoms with Crippen molar-refractivity contribution >= 4 is 65.8 Å². The SMILES string of the molecule is CCS(=O)(=O)c1cccnc1S(=O)(=O)NC(=O)Nc1nc(OC)cc(OC)n1.COC(=O)c1cccc(C)c1S(=O)(=O)NC(=O)Nc1nc(OCC(F)(F)F)nc(N(C)C)n1. The van der Waals surface area contributed by atoms with Gasteiger partial charge >= 0.3 is 30.2 Å². The summed E-state index contributed by atoms with van der Waals surface area (Å²) in [6, 6.07) is 4.39. The van der Waals surface area contributed by atoms with Gasteiger partial charge in [-0.05, 0) is 30.7 Å². The van der Waals surface area contributed by atoms with E-state index in [1.54, 1.807) is 9.44 Å². The molecule has 0 bridgehead atoms. The summed E-state index contributed by atoms with van der Waals surface area (Å²) in [5, 5.41) is 3.29. The molecule has 0 aliphatic rings. The minimum atomic E-state index is -4.67. The number of sulfone groups is 1. The molecule has 4 amide bonds. The Balaban J connectivity index is 0.000000330. The molecule has 0 fully saturated rings. The quantitative estimate of drug-likeness (QED) is 0.131. The van der Waals surface area contributed by atoms with Crippen LogP contribution in [0.25, 0.3) is 0 Å². The summed E-state index contributed by atoms with van der Waals surface area (Å²) < 4.78 is 134. The predicted octanol–water partition coefficient (Wildman–Crippen LogP) is 1.68. The van der Waals surface area contributed by atoms with Gasteiger partial charge in [0.05, 0.1) is 38.7 Å². The number of carbonyl (C=O) groups excluding carboxylic acids is 3. The molecule has 24 nitrogen and oxygen atoms in total. The van der Waals surface area contributed by atoms with E-state index in [4.69, 9.17) is 9.47 Å². The Morgan fingerprint density at radius 1 is 0.787 bits per heavy atom. The number of sulfonamides is 2. The average Bonchev–Trinajstić information content (AvgIpc) is 3.18. The van der Waals surface area contributed by atoms with Crippen molar-refractivity contribution in [3.63, 3.8) is 0 Å². The smallest absolute Gasteiger partial charge is 0.422 e. The Morgan fingerprint density at radius 2 is 1.36 bits per heavy atom. The number of hydrogen-bond donors (Lipinski definition) is 4. The minimum absolute atomic E-state index is 0.0612. The molecule has 1 aromatic carbocycles. The molecule has 4 N–H and O–H groups in total. The highest BCUT2D eigenvalue weighted by Crippen LogP contribution is 2.23. The first kappa shape index (κ1) is 48.7. The summed E-state index contributed by atoms with van der Waals surface area (Å²) in [7, 11) is -6.45. The number of nitrogens with one attached hydrogen (secondary N) is 4. The highest BCUT2D eigenvalue weighted by molar-refractivity contribution is 7.93. The Morgan fingerprint density at radius 3 is 1.89 bits per heavy atom. The van der Waals surface area contributed by atoms with Crippen molar-refractivity contribution < 1.29 is 71.8 Å². The maximum absolute atomic E-state index is 12.8. The number of aryl methyl sites for hydroxylation is 1. The van der Waals surface area contributed by atoms with E-state index in [1.165, 1.54) is 77.4 Å². The van der Waals surface area contributed by atoms with Crippen molar-refractivity contribution in [1.82, 2.24) is 39.3 Å². The van der Waals surface area contributed by atoms with Gasteiger partial charge < -0.3 is 23.8 Å². The van der Waals surface area contributed by atoms with Crippen LogP contribution in [-0.2, 0) is 34.6 Å². The zero-order valence-corrected chi connectivity index (χ0v) is 35.2. The molecule has 3 heterocycles. The van der Waals surface area contributed by atoms with Gasteiger partial charge in [0.15, 0.2) is 21.5 Å². The number of ether oxygens (including phenoxy) is 4. The fourth-order valence-corrected chi connectivity index (χ4v) is 8.21. The number of alkyl halides is 3. The summed E-state index contributed by atoms with van der Waals surface area (Å²) in [6.45, 7) is 1.05. The van der Waals surface area contributed by atoms with Crippen molar-refractivity contribution in [3.05, 3.63) is 53.7 Å². The maximum atomic E-state index is 12.8. The molecule has 0 aliphatic carbocycles. The second-order valence-electron chi connectivity index (χ2n) is 11.6. The molecule has 0 radical (unpaired) electrons. The highest BCUT2D eigenvalue weighted by atomic mass is 32.2. The van der Waals surface area contributed by atoms with Crippen LogP contribution in [0.4, 0.5) is 40.6 Å². The van der Waals surface area contributed by atoms with Gasteiger partial charge in [0.1, 0.15) is 9.79 Å². The van der Waals surface area contributed by atoms with Crippen molar-refractivity contribution in [2.45, 2.75) is 34.8 Å². The van der Waals surface area contributed by atoms with Crippen molar-refractivity contribution in [2.24, 2.45) is 0 Å². The van der Waals surface area contributed by atoms with Crippen molar-refractivity contribution in [2.75, 3.05) is 63.3 Å². The van der Waals surface area contributed by atoms with Gasteiger partial charge in [-0.3, -0.25) is 10.6 Å². The van der Waals surface area contributed by atoms with Gasteiger partial charge in [0.25, 0.3) is 20.0 Å². The summed E-state index contributed by atoms with van der Waals surface area (Å²) in [4.78, 5) is 58.9. The fourth-order valence-electron chi connectivity index (χ4n) is 4.33. The fraction of sp³-hybridized carbons (Fsp3) is 0.323. The summed E-state index contributed by atoms with van der Waals surface area (Å²) in [6.07, 6.45) is -3.58. The Bertz CT molecular complexity index is 2580. The number of nitrogens with zero attached hydrogens (tertiary/aromatic N) is 7. The molecular formula is C31H36F3N11O13S3. The number of amides is 4. The van der Waals surface area contributed by atoms with Gasteiger partial charge in [-0.25, -0.2) is 45.6 Å². The lowest BCUT2D eigenvalue weighted by Gasteiger charge is -2.15. The van der Waals surface area contributed by atoms with Crippen LogP contribution in [0.15, 0.2) is 57.4 Å². The van der Waals surface area contributed by atoms with Crippen LogP contribution in [0.5, 0.6) is 17.8 Å². The van der Waals surface area contributed by atoms with E-state index in [-0.39, 0.29) is 40.5 Å². The first-order valence-corrected chi connectivity index (χ1v) is 21.1. The van der Waals surface area contributed by atoms with E-state index in [1.807, 2.05) is 5.32 Å². The van der Waals surface area contributed by atoms with Gasteiger partial charge in [0.2, 0.25) is 29.6 Å². The molecule has 0 saturated heterocycles. The zero-order valence-electron chi connectivity index (χ0n) is 32.8. The molecule has 0 aliphatic heterocycles. The Kier molecular flexibility index (Phi) is 16.0. The maximum Gasteiger partial charge on any atom is 0.422 e. The standard InChI is InChI=1S/C17H19F3N6O6S.C14H17N5O7S2/c1-9-6-5-7-10(12(27)31-4)11(9)33(29,30)25-15(28)22-13-21-14(26(2)3)24-16(23-13)32-8-17(18,19)20;1-4-27(21,22)9-6-5-7-15-12(9)28(23,24)19-14(20)18-13-16-10(25-2)8-11(17-13)26-3/h5-7H,8H2,1-4H3,(H2,21,22,23,24,25,28);5-8H,4H2,1-3H3,(H2,16,17,18,19,20). The molecule has 0 spiro atoms. The molecule has 3 aromatic heterocycles. The molecule has 30 heteroatoms. The lowest BCUT2D eigenvalue weighted by atomic mass is 10.1. The third-order valence-electron chi connectivity index (χ3n) is 6.96. The van der Waals surface area contributed by atoms with Crippen LogP contribution < -0.4 is 39.2 Å². The van der Waals surface area contributed by atoms with E-state index >= 15 is 0 Å². The summed E-state index contributed by atoms with van der Waals surface area (Å²) >= 11 is 0. The number of methoxy groups -OCH3 is 3. The average molecular weight is 924 g/mol. The number of anilines is 3. The number of halogens is 3. The zero-order chi connectivity index (χ0) is 45.9. The van der Waals surface area contributed by atoms with Crippen LogP contribution >= 0.6 is 0 Å². The normalized spacial score (nSPS) is 11.5. The van der Waals surface area contributed by atoms with Gasteiger partial charge in [-0.15, -0.1) is 0 Å². The number of benzene rings is 1. The third-order valence-corrected chi connectivity index (χ3v) is 11.7. The van der Waals surface area contributed by atoms with Crippen LogP contribution in [0, 0.1) is 6.92 Å². The highest BCUT2D eigenvalue weighted by Gasteiger charge is 2.31. The van der Waals surface area contributed by atoms with E-state index in [0.717, 1.165) is 19.4 Å². The lowest BCUT2D eigenvalue weighted by Crippen LogP contribution is -2.36. The van der Waals surface area contributed by atoms with Crippen LogP contribution in [0.3, 0.4) is 0 Å². The van der Waals surface area contributed by atoms with Crippen LogP contribution in [0.1, 0.15) is 22.8 Å².